The number of nitrogens with zero attached hydrogens (tertiary/aromatic N) is 2. The molecule has 1 aliphatic rings. The van der Waals surface area contributed by atoms with E-state index in [1.165, 1.54) is 6.20 Å². The molecule has 2 aromatic rings. The quantitative estimate of drug-likeness (QED) is 0.746. The highest BCUT2D eigenvalue weighted by molar-refractivity contribution is 5.96. The summed E-state index contributed by atoms with van der Waals surface area (Å²) in [6, 6.07) is 4.72. The summed E-state index contributed by atoms with van der Waals surface area (Å²) in [6.07, 6.45) is 3.13. The molecule has 28 heavy (non-hydrogen) atoms. The largest absolute Gasteiger partial charge is 0.369 e. The smallest absolute Gasteiger partial charge is 0.333 e. The molecular formula is C19H23F2N5O2. The van der Waals surface area contributed by atoms with E-state index in [-0.39, 0.29) is 35.7 Å². The molecule has 7 nitrogen and oxygen atoms in total. The van der Waals surface area contributed by atoms with Crippen molar-refractivity contribution in [2.75, 3.05) is 5.32 Å². The minimum atomic E-state index is -2.90. The maximum atomic E-state index is 13.6. The summed E-state index contributed by atoms with van der Waals surface area (Å²) in [6.45, 7) is -1.11. The average molecular weight is 391 g/mol. The zero-order valence-electron chi connectivity index (χ0n) is 15.5. The van der Waals surface area contributed by atoms with Crippen LogP contribution < -0.4 is 16.8 Å². The monoisotopic (exact) mass is 391 g/mol. The van der Waals surface area contributed by atoms with Crippen molar-refractivity contribution in [2.45, 2.75) is 45.2 Å². The molecule has 2 amide bonds. The molecule has 0 aliphatic carbocycles. The maximum absolute atomic E-state index is 13.6. The second-order valence-electron chi connectivity index (χ2n) is 7.16. The van der Waals surface area contributed by atoms with Gasteiger partial charge in [-0.2, -0.15) is 13.9 Å². The van der Waals surface area contributed by atoms with E-state index < -0.39 is 12.5 Å². The van der Waals surface area contributed by atoms with E-state index >= 15 is 0 Å². The molecule has 2 atom stereocenters. The third-order valence-corrected chi connectivity index (χ3v) is 4.93. The van der Waals surface area contributed by atoms with Crippen molar-refractivity contribution in [3.05, 3.63) is 35.5 Å². The lowest BCUT2D eigenvalue weighted by atomic mass is 9.92. The summed E-state index contributed by atoms with van der Waals surface area (Å²) in [5.41, 5.74) is 13.6. The lowest BCUT2D eigenvalue weighted by Crippen LogP contribution is -2.22. The number of halogens is 2. The number of anilines is 1. The summed E-state index contributed by atoms with van der Waals surface area (Å²) in [7, 11) is 0. The van der Waals surface area contributed by atoms with Gasteiger partial charge in [0, 0.05) is 17.5 Å². The highest BCUT2D eigenvalue weighted by Gasteiger charge is 2.24. The minimum Gasteiger partial charge on any atom is -0.369 e. The van der Waals surface area contributed by atoms with Crippen LogP contribution in [-0.2, 0) is 16.0 Å². The van der Waals surface area contributed by atoms with Gasteiger partial charge in [0.1, 0.15) is 0 Å². The van der Waals surface area contributed by atoms with E-state index in [1.807, 2.05) is 0 Å². The first kappa shape index (κ1) is 19.9. The second-order valence-corrected chi connectivity index (χ2v) is 7.16. The molecule has 1 aliphatic heterocycles. The number of carbonyl (C=O) groups excluding carboxylic acids is 2. The van der Waals surface area contributed by atoms with Gasteiger partial charge >= 0.3 is 6.55 Å². The van der Waals surface area contributed by atoms with Gasteiger partial charge in [-0.05, 0) is 36.1 Å². The first-order chi connectivity index (χ1) is 13.3. The van der Waals surface area contributed by atoms with Gasteiger partial charge < -0.3 is 16.8 Å². The summed E-state index contributed by atoms with van der Waals surface area (Å²) in [5.74, 6) is -1.10. The molecule has 1 aromatic heterocycles. The van der Waals surface area contributed by atoms with Crippen molar-refractivity contribution in [2.24, 2.45) is 17.4 Å². The number of hydrogen-bond donors (Lipinski definition) is 3. The SMILES string of the molecule is C[C@@H]1CCC[C@H](N)c2cc(CC(N)=O)cc(c2)-c2c(cnn2C(F)F)NC1=O. The van der Waals surface area contributed by atoms with E-state index in [9.17, 15) is 18.4 Å². The van der Waals surface area contributed by atoms with Crippen LogP contribution in [0.1, 0.15) is 49.9 Å². The number of rotatable bonds is 3. The molecule has 0 spiro atoms. The van der Waals surface area contributed by atoms with Gasteiger partial charge in [-0.1, -0.05) is 19.4 Å². The van der Waals surface area contributed by atoms with E-state index in [1.54, 1.807) is 25.1 Å². The molecule has 0 saturated carbocycles. The number of alkyl halides is 2. The summed E-state index contributed by atoms with van der Waals surface area (Å²) < 4.78 is 27.7. The molecule has 2 bridgehead atoms. The lowest BCUT2D eigenvalue weighted by molar-refractivity contribution is -0.119. The molecule has 0 saturated heterocycles. The Morgan fingerprint density at radius 2 is 2.11 bits per heavy atom. The fraction of sp³-hybridized carbons (Fsp3) is 0.421. The van der Waals surface area contributed by atoms with Crippen LogP contribution in [0.5, 0.6) is 0 Å². The number of aromatic nitrogens is 2. The highest BCUT2D eigenvalue weighted by Crippen LogP contribution is 2.35. The Bertz CT molecular complexity index is 896. The maximum Gasteiger partial charge on any atom is 0.333 e. The summed E-state index contributed by atoms with van der Waals surface area (Å²) in [4.78, 5) is 23.9. The molecule has 9 heteroatoms. The molecule has 3 rings (SSSR count). The number of nitrogens with one attached hydrogen (secondary N) is 1. The Morgan fingerprint density at radius 3 is 2.79 bits per heavy atom. The molecule has 5 N–H and O–H groups in total. The molecule has 2 heterocycles. The molecule has 150 valence electrons. The first-order valence-electron chi connectivity index (χ1n) is 9.11. The Labute approximate surface area is 161 Å². The van der Waals surface area contributed by atoms with Gasteiger partial charge in [0.25, 0.3) is 0 Å². The fourth-order valence-electron chi connectivity index (χ4n) is 3.46. The Hall–Kier alpha value is -2.81. The van der Waals surface area contributed by atoms with Crippen molar-refractivity contribution in [1.29, 1.82) is 0 Å². The molecule has 0 fully saturated rings. The zero-order chi connectivity index (χ0) is 20.4. The minimum absolute atomic E-state index is 0.0465. The van der Waals surface area contributed by atoms with E-state index in [0.29, 0.717) is 28.7 Å². The number of nitrogens with two attached hydrogens (primary N) is 2. The van der Waals surface area contributed by atoms with Crippen LogP contribution in [0, 0.1) is 5.92 Å². The fourth-order valence-corrected chi connectivity index (χ4v) is 3.46. The van der Waals surface area contributed by atoms with E-state index in [0.717, 1.165) is 12.0 Å². The van der Waals surface area contributed by atoms with Crippen LogP contribution >= 0.6 is 0 Å². The second kappa shape index (κ2) is 8.05. The van der Waals surface area contributed by atoms with Crippen molar-refractivity contribution in [3.63, 3.8) is 0 Å². The van der Waals surface area contributed by atoms with Crippen molar-refractivity contribution >= 4 is 17.5 Å². The number of hydrogen-bond acceptors (Lipinski definition) is 4. The highest BCUT2D eigenvalue weighted by atomic mass is 19.3. The van der Waals surface area contributed by atoms with Gasteiger partial charge in [-0.25, -0.2) is 4.68 Å². The number of primary amides is 1. The van der Waals surface area contributed by atoms with Crippen molar-refractivity contribution in [3.8, 4) is 11.3 Å². The van der Waals surface area contributed by atoms with Crippen LogP contribution in [0.15, 0.2) is 24.4 Å². The lowest BCUT2D eigenvalue weighted by Gasteiger charge is -2.20. The van der Waals surface area contributed by atoms with Gasteiger partial charge in [-0.15, -0.1) is 0 Å². The normalized spacial score (nSPS) is 20.1. The summed E-state index contributed by atoms with van der Waals surface area (Å²) in [5, 5.41) is 6.45. The Kier molecular flexibility index (Phi) is 5.73. The molecular weight excluding hydrogens is 368 g/mol. The van der Waals surface area contributed by atoms with Gasteiger partial charge in [0.05, 0.1) is 24.0 Å². The summed E-state index contributed by atoms with van der Waals surface area (Å²) >= 11 is 0. The van der Waals surface area contributed by atoms with Crippen molar-refractivity contribution in [1.82, 2.24) is 9.78 Å². The topological polar surface area (TPSA) is 116 Å². The average Bonchev–Trinajstić information content (AvgIpc) is 3.03. The number of amides is 2. The number of fused-ring (bicyclic) bond motifs is 4. The van der Waals surface area contributed by atoms with Crippen LogP contribution in [-0.4, -0.2) is 21.6 Å². The standard InChI is InChI=1S/C19H23F2N5O2/c1-10-3-2-4-14(22)12-5-11(7-16(23)27)6-13(8-12)17-15(25-18(10)28)9-24-26(17)19(20)21/h5-6,8-10,14,19H,2-4,7,22H2,1H3,(H2,23,27)(H,25,28)/t10-,14+/m1/s1. The Morgan fingerprint density at radius 1 is 1.36 bits per heavy atom. The predicted molar refractivity (Wildman–Crippen MR) is 100 cm³/mol. The first-order valence-corrected chi connectivity index (χ1v) is 9.11. The van der Waals surface area contributed by atoms with Crippen molar-refractivity contribution < 1.29 is 18.4 Å². The van der Waals surface area contributed by atoms with Crippen LogP contribution in [0.2, 0.25) is 0 Å². The number of carbonyl (C=O) groups is 2. The zero-order valence-corrected chi connectivity index (χ0v) is 15.5. The van der Waals surface area contributed by atoms with Crippen LogP contribution in [0.4, 0.5) is 14.5 Å². The van der Waals surface area contributed by atoms with Crippen LogP contribution in [0.25, 0.3) is 11.3 Å². The molecule has 0 unspecified atom stereocenters. The third kappa shape index (κ3) is 4.19. The van der Waals surface area contributed by atoms with Gasteiger partial charge in [-0.3, -0.25) is 9.59 Å². The van der Waals surface area contributed by atoms with Crippen LogP contribution in [0.3, 0.4) is 0 Å². The Balaban J connectivity index is 2.21. The third-order valence-electron chi connectivity index (χ3n) is 4.93. The molecule has 1 aromatic carbocycles. The molecule has 0 radical (unpaired) electrons. The van der Waals surface area contributed by atoms with E-state index in [2.05, 4.69) is 10.4 Å². The predicted octanol–water partition coefficient (Wildman–Crippen LogP) is 2.73. The number of benzene rings is 1. The van der Waals surface area contributed by atoms with E-state index in [4.69, 9.17) is 11.5 Å². The van der Waals surface area contributed by atoms with Gasteiger partial charge in [0.15, 0.2) is 0 Å². The van der Waals surface area contributed by atoms with Gasteiger partial charge in [0.2, 0.25) is 11.8 Å².